The van der Waals surface area contributed by atoms with E-state index in [0.717, 1.165) is 5.56 Å². The summed E-state index contributed by atoms with van der Waals surface area (Å²) in [4.78, 5) is 0.0647. The number of hydrogen-bond donors (Lipinski definition) is 1. The Bertz CT molecular complexity index is 1340. The lowest BCUT2D eigenvalue weighted by Crippen LogP contribution is -2.15. The fraction of sp³-hybridized carbons (Fsp3) is 0.304. The summed E-state index contributed by atoms with van der Waals surface area (Å²) in [7, 11) is -7.40. The van der Waals surface area contributed by atoms with Crippen molar-refractivity contribution in [3.05, 3.63) is 60.2 Å². The number of aromatic nitrogens is 2. The Morgan fingerprint density at radius 2 is 1.70 bits per heavy atom. The number of sulfonamides is 1. The molecule has 0 unspecified atom stereocenters. The molecule has 10 heteroatoms. The molecule has 0 aliphatic carbocycles. The minimum Gasteiger partial charge on any atom is -0.492 e. The summed E-state index contributed by atoms with van der Waals surface area (Å²) in [6.45, 7) is 7.64. The van der Waals surface area contributed by atoms with E-state index in [1.165, 1.54) is 13.0 Å². The average molecular weight is 490 g/mol. The van der Waals surface area contributed by atoms with E-state index < -0.39 is 19.9 Å². The normalized spacial score (nSPS) is 12.0. The lowest BCUT2D eigenvalue weighted by molar-refractivity contribution is 0.331. The first-order valence-corrected chi connectivity index (χ1v) is 13.7. The minimum atomic E-state index is -3.94. The second kappa shape index (κ2) is 9.88. The summed E-state index contributed by atoms with van der Waals surface area (Å²) < 4.78 is 58.5. The zero-order valence-corrected chi connectivity index (χ0v) is 20.6. The number of benzene rings is 2. The zero-order chi connectivity index (χ0) is 24.2. The first kappa shape index (κ1) is 24.7. The van der Waals surface area contributed by atoms with E-state index in [1.54, 1.807) is 49.4 Å². The van der Waals surface area contributed by atoms with E-state index in [4.69, 9.17) is 4.74 Å². The van der Waals surface area contributed by atoms with Gasteiger partial charge in [-0.2, -0.15) is 0 Å². The SMILES string of the molecule is CCOc1ccc(C(C)C)cc1S(=O)(=O)Nc1cccc(-c2ccc(S(=O)(=O)CC)nn2)c1. The van der Waals surface area contributed by atoms with Gasteiger partial charge < -0.3 is 4.74 Å². The van der Waals surface area contributed by atoms with Crippen molar-refractivity contribution in [3.63, 3.8) is 0 Å². The van der Waals surface area contributed by atoms with Crippen molar-refractivity contribution in [2.75, 3.05) is 17.1 Å². The Morgan fingerprint density at radius 3 is 2.30 bits per heavy atom. The van der Waals surface area contributed by atoms with E-state index in [0.29, 0.717) is 23.6 Å². The van der Waals surface area contributed by atoms with Crippen LogP contribution in [0.4, 0.5) is 5.69 Å². The Hall–Kier alpha value is -2.98. The van der Waals surface area contributed by atoms with Crippen LogP contribution in [0.2, 0.25) is 0 Å². The Kier molecular flexibility index (Phi) is 7.38. The third-order valence-electron chi connectivity index (χ3n) is 4.97. The van der Waals surface area contributed by atoms with Crippen molar-refractivity contribution in [2.45, 2.75) is 43.5 Å². The molecule has 0 aliphatic rings. The van der Waals surface area contributed by atoms with Crippen LogP contribution in [0.3, 0.4) is 0 Å². The van der Waals surface area contributed by atoms with Gasteiger partial charge in [0.15, 0.2) is 14.9 Å². The molecule has 0 saturated carbocycles. The maximum atomic E-state index is 13.2. The summed E-state index contributed by atoms with van der Waals surface area (Å²) in [5, 5.41) is 7.72. The van der Waals surface area contributed by atoms with Crippen molar-refractivity contribution in [1.29, 1.82) is 0 Å². The third-order valence-corrected chi connectivity index (χ3v) is 7.99. The van der Waals surface area contributed by atoms with Crippen molar-refractivity contribution in [3.8, 4) is 17.0 Å². The Morgan fingerprint density at radius 1 is 0.939 bits per heavy atom. The van der Waals surface area contributed by atoms with Crippen LogP contribution in [-0.2, 0) is 19.9 Å². The van der Waals surface area contributed by atoms with Crippen LogP contribution in [0.25, 0.3) is 11.3 Å². The molecule has 1 heterocycles. The molecule has 3 rings (SSSR count). The highest BCUT2D eigenvalue weighted by Gasteiger charge is 2.22. The van der Waals surface area contributed by atoms with Crippen LogP contribution in [0.15, 0.2) is 64.5 Å². The number of nitrogens with one attached hydrogen (secondary N) is 1. The number of nitrogens with zero attached hydrogens (tertiary/aromatic N) is 2. The quantitative estimate of drug-likeness (QED) is 0.477. The highest BCUT2D eigenvalue weighted by atomic mass is 32.2. The van der Waals surface area contributed by atoms with E-state index >= 15 is 0 Å². The average Bonchev–Trinajstić information content (AvgIpc) is 2.79. The summed E-state index contributed by atoms with van der Waals surface area (Å²) in [6.07, 6.45) is 0. The highest BCUT2D eigenvalue weighted by Crippen LogP contribution is 2.30. The van der Waals surface area contributed by atoms with E-state index in [2.05, 4.69) is 14.9 Å². The molecule has 0 atom stereocenters. The summed E-state index contributed by atoms with van der Waals surface area (Å²) in [5.41, 5.74) is 2.22. The van der Waals surface area contributed by atoms with Gasteiger partial charge in [-0.3, -0.25) is 4.72 Å². The molecule has 1 N–H and O–H groups in total. The number of anilines is 1. The fourth-order valence-electron chi connectivity index (χ4n) is 3.11. The van der Waals surface area contributed by atoms with Crippen LogP contribution < -0.4 is 9.46 Å². The smallest absolute Gasteiger partial charge is 0.265 e. The molecular formula is C23H27N3O5S2. The number of ether oxygens (including phenoxy) is 1. The van der Waals surface area contributed by atoms with Crippen molar-refractivity contribution in [1.82, 2.24) is 10.2 Å². The predicted molar refractivity (Wildman–Crippen MR) is 128 cm³/mol. The fourth-order valence-corrected chi connectivity index (χ4v) is 5.08. The van der Waals surface area contributed by atoms with Crippen molar-refractivity contribution in [2.24, 2.45) is 0 Å². The lowest BCUT2D eigenvalue weighted by Gasteiger charge is -2.15. The van der Waals surface area contributed by atoms with Gasteiger partial charge in [0.05, 0.1) is 18.1 Å². The van der Waals surface area contributed by atoms with Crippen LogP contribution in [0.1, 0.15) is 39.2 Å². The molecule has 0 fully saturated rings. The van der Waals surface area contributed by atoms with Crippen LogP contribution in [-0.4, -0.2) is 39.4 Å². The van der Waals surface area contributed by atoms with Gasteiger partial charge in [-0.25, -0.2) is 16.8 Å². The van der Waals surface area contributed by atoms with Gasteiger partial charge in [0, 0.05) is 11.3 Å². The maximum Gasteiger partial charge on any atom is 0.265 e. The molecule has 0 spiro atoms. The third kappa shape index (κ3) is 5.69. The second-order valence-corrected chi connectivity index (χ2v) is 11.5. The van der Waals surface area contributed by atoms with Crippen LogP contribution in [0.5, 0.6) is 5.75 Å². The van der Waals surface area contributed by atoms with E-state index in [1.807, 2.05) is 19.9 Å². The van der Waals surface area contributed by atoms with Gasteiger partial charge in [-0.15, -0.1) is 10.2 Å². The molecule has 3 aromatic rings. The topological polar surface area (TPSA) is 115 Å². The van der Waals surface area contributed by atoms with Gasteiger partial charge in [0.2, 0.25) is 0 Å². The van der Waals surface area contributed by atoms with Crippen molar-refractivity contribution >= 4 is 25.5 Å². The molecule has 0 bridgehead atoms. The second-order valence-electron chi connectivity index (χ2n) is 7.64. The summed E-state index contributed by atoms with van der Waals surface area (Å²) >= 11 is 0. The molecule has 176 valence electrons. The largest absolute Gasteiger partial charge is 0.492 e. The van der Waals surface area contributed by atoms with E-state index in [-0.39, 0.29) is 27.3 Å². The molecule has 8 nitrogen and oxygen atoms in total. The summed E-state index contributed by atoms with van der Waals surface area (Å²) in [6, 6.07) is 14.7. The van der Waals surface area contributed by atoms with Crippen molar-refractivity contribution < 1.29 is 21.6 Å². The predicted octanol–water partition coefficient (Wildman–Crippen LogP) is 4.26. The van der Waals surface area contributed by atoms with Gasteiger partial charge in [0.1, 0.15) is 10.6 Å². The lowest BCUT2D eigenvalue weighted by atomic mass is 10.0. The molecule has 33 heavy (non-hydrogen) atoms. The molecule has 0 amide bonds. The van der Waals surface area contributed by atoms with Gasteiger partial charge >= 0.3 is 0 Å². The van der Waals surface area contributed by atoms with E-state index in [9.17, 15) is 16.8 Å². The monoisotopic (exact) mass is 489 g/mol. The molecule has 0 radical (unpaired) electrons. The Balaban J connectivity index is 1.94. The van der Waals surface area contributed by atoms with Gasteiger partial charge in [-0.1, -0.05) is 39.0 Å². The molecule has 2 aromatic carbocycles. The molecule has 1 aromatic heterocycles. The summed E-state index contributed by atoms with van der Waals surface area (Å²) in [5.74, 6) is 0.361. The van der Waals surface area contributed by atoms with Gasteiger partial charge in [0.25, 0.3) is 10.0 Å². The first-order valence-electron chi connectivity index (χ1n) is 10.5. The molecule has 0 saturated heterocycles. The first-order chi connectivity index (χ1) is 15.6. The number of rotatable bonds is 9. The molecule has 0 aliphatic heterocycles. The molecular weight excluding hydrogens is 462 g/mol. The van der Waals surface area contributed by atoms with Crippen LogP contribution in [0, 0.1) is 0 Å². The highest BCUT2D eigenvalue weighted by molar-refractivity contribution is 7.92. The maximum absolute atomic E-state index is 13.2. The number of sulfone groups is 1. The Labute approximate surface area is 195 Å². The minimum absolute atomic E-state index is 0.0647. The number of hydrogen-bond acceptors (Lipinski definition) is 7. The van der Waals surface area contributed by atoms with Crippen LogP contribution >= 0.6 is 0 Å². The standard InChI is InChI=1S/C23H27N3O5S2/c1-5-31-21-12-10-17(16(3)4)15-22(21)33(29,30)26-19-9-7-8-18(14-19)20-11-13-23(25-24-20)32(27,28)6-2/h7-16,26H,5-6H2,1-4H3. The zero-order valence-electron chi connectivity index (χ0n) is 18.9. The van der Waals surface area contributed by atoms with Gasteiger partial charge in [-0.05, 0) is 54.8 Å².